The van der Waals surface area contributed by atoms with Crippen molar-refractivity contribution in [3.8, 4) is 0 Å². The number of nitrogens with one attached hydrogen (secondary N) is 1. The minimum Gasteiger partial charge on any atom is -0.351 e. The van der Waals surface area contributed by atoms with Crippen molar-refractivity contribution in [1.29, 1.82) is 0 Å². The molecule has 2 aromatic rings. The second-order valence-corrected chi connectivity index (χ2v) is 6.70. The van der Waals surface area contributed by atoms with Crippen LogP contribution >= 0.6 is 0 Å². The van der Waals surface area contributed by atoms with Crippen molar-refractivity contribution >= 4 is 11.8 Å². The molecule has 2 amide bonds. The summed E-state index contributed by atoms with van der Waals surface area (Å²) in [6, 6.07) is 13.0. The Labute approximate surface area is 157 Å². The summed E-state index contributed by atoms with van der Waals surface area (Å²) in [5, 5.41) is 2.53. The Bertz CT molecular complexity index is 811. The van der Waals surface area contributed by atoms with Crippen LogP contribution in [0.5, 0.6) is 0 Å². The third-order valence-electron chi connectivity index (χ3n) is 4.81. The van der Waals surface area contributed by atoms with Gasteiger partial charge in [-0.1, -0.05) is 30.3 Å². The highest BCUT2D eigenvalue weighted by atomic mass is 19.1. The zero-order valence-electron chi connectivity index (χ0n) is 15.0. The third-order valence-corrected chi connectivity index (χ3v) is 4.81. The van der Waals surface area contributed by atoms with Crippen molar-refractivity contribution in [2.75, 3.05) is 13.1 Å². The summed E-state index contributed by atoms with van der Waals surface area (Å²) in [6.07, 6.45) is 2.91. The number of hydrogen-bond acceptors (Lipinski definition) is 2. The lowest BCUT2D eigenvalue weighted by Crippen LogP contribution is -2.38. The first-order valence-corrected chi connectivity index (χ1v) is 9.11. The Balaban J connectivity index is 1.50. The van der Waals surface area contributed by atoms with E-state index in [0.29, 0.717) is 6.07 Å². The first-order valence-electron chi connectivity index (χ1n) is 9.11. The quantitative estimate of drug-likeness (QED) is 0.846. The molecule has 0 saturated carbocycles. The summed E-state index contributed by atoms with van der Waals surface area (Å²) in [5.74, 6) is -2.32. The maximum atomic E-state index is 13.6. The van der Waals surface area contributed by atoms with E-state index in [1.807, 2.05) is 23.1 Å². The van der Waals surface area contributed by atoms with E-state index in [1.165, 1.54) is 5.56 Å². The van der Waals surface area contributed by atoms with Crippen LogP contribution in [0.4, 0.5) is 8.78 Å². The minimum absolute atomic E-state index is 0.0201. The van der Waals surface area contributed by atoms with Crippen LogP contribution in [0.3, 0.4) is 0 Å². The Hall–Kier alpha value is -2.76. The van der Waals surface area contributed by atoms with Crippen LogP contribution < -0.4 is 5.32 Å². The van der Waals surface area contributed by atoms with E-state index in [4.69, 9.17) is 0 Å². The van der Waals surface area contributed by atoms with E-state index in [0.717, 1.165) is 37.9 Å². The molecule has 1 fully saturated rings. The molecule has 142 valence electrons. The van der Waals surface area contributed by atoms with E-state index in [-0.39, 0.29) is 30.5 Å². The fourth-order valence-corrected chi connectivity index (χ4v) is 3.46. The maximum absolute atomic E-state index is 13.6. The Morgan fingerprint density at radius 3 is 2.63 bits per heavy atom. The second-order valence-electron chi connectivity index (χ2n) is 6.70. The fourth-order valence-electron chi connectivity index (χ4n) is 3.46. The van der Waals surface area contributed by atoms with Gasteiger partial charge in [0.1, 0.15) is 11.6 Å². The minimum atomic E-state index is -0.915. The molecule has 1 N–H and O–H groups in total. The molecule has 4 nitrogen and oxygen atoms in total. The van der Waals surface area contributed by atoms with Gasteiger partial charge in [-0.3, -0.25) is 9.59 Å². The van der Waals surface area contributed by atoms with E-state index in [9.17, 15) is 18.4 Å². The maximum Gasteiger partial charge on any atom is 0.254 e. The largest absolute Gasteiger partial charge is 0.351 e. The van der Waals surface area contributed by atoms with Gasteiger partial charge in [0.05, 0.1) is 5.56 Å². The number of likely N-dealkylation sites (tertiary alicyclic amines) is 1. The lowest BCUT2D eigenvalue weighted by atomic mass is 10.0. The Kier molecular flexibility index (Phi) is 6.16. The van der Waals surface area contributed by atoms with Crippen LogP contribution in [0.25, 0.3) is 0 Å². The number of rotatable bonds is 6. The number of nitrogens with zero attached hydrogens (tertiary/aromatic N) is 1. The van der Waals surface area contributed by atoms with Crippen LogP contribution in [-0.2, 0) is 11.2 Å². The number of hydrogen-bond donors (Lipinski definition) is 1. The summed E-state index contributed by atoms with van der Waals surface area (Å²) in [6.45, 7) is 0.833. The molecule has 0 spiro atoms. The molecule has 1 aliphatic heterocycles. The van der Waals surface area contributed by atoms with E-state index in [2.05, 4.69) is 17.4 Å². The van der Waals surface area contributed by atoms with Gasteiger partial charge in [-0.25, -0.2) is 8.78 Å². The molecular formula is C21H22F2N2O2. The van der Waals surface area contributed by atoms with Crippen molar-refractivity contribution in [3.05, 3.63) is 71.3 Å². The number of halogens is 2. The predicted octanol–water partition coefficient (Wildman–Crippen LogP) is 3.32. The Morgan fingerprint density at radius 1 is 1.11 bits per heavy atom. The topological polar surface area (TPSA) is 49.4 Å². The fraction of sp³-hybridized carbons (Fsp3) is 0.333. The van der Waals surface area contributed by atoms with Crippen LogP contribution in [0.2, 0.25) is 0 Å². The van der Waals surface area contributed by atoms with Gasteiger partial charge in [-0.05, 0) is 37.0 Å². The number of benzene rings is 2. The molecule has 1 atom stereocenters. The van der Waals surface area contributed by atoms with Crippen molar-refractivity contribution in [3.63, 3.8) is 0 Å². The highest BCUT2D eigenvalue weighted by Crippen LogP contribution is 2.22. The van der Waals surface area contributed by atoms with Crippen molar-refractivity contribution in [2.24, 2.45) is 0 Å². The molecule has 0 bridgehead atoms. The molecule has 27 heavy (non-hydrogen) atoms. The average Bonchev–Trinajstić information content (AvgIpc) is 3.10. The summed E-state index contributed by atoms with van der Waals surface area (Å²) in [7, 11) is 0. The Morgan fingerprint density at radius 2 is 1.89 bits per heavy atom. The molecule has 1 aliphatic rings. The summed E-state index contributed by atoms with van der Waals surface area (Å²) >= 11 is 0. The van der Waals surface area contributed by atoms with Crippen molar-refractivity contribution in [1.82, 2.24) is 10.2 Å². The lowest BCUT2D eigenvalue weighted by molar-refractivity contribution is -0.131. The first-order chi connectivity index (χ1) is 13.0. The smallest absolute Gasteiger partial charge is 0.254 e. The van der Waals surface area contributed by atoms with Crippen molar-refractivity contribution in [2.45, 2.75) is 31.7 Å². The molecule has 0 radical (unpaired) electrons. The molecule has 1 heterocycles. The van der Waals surface area contributed by atoms with E-state index < -0.39 is 17.5 Å². The summed E-state index contributed by atoms with van der Waals surface area (Å²) in [4.78, 5) is 26.4. The van der Waals surface area contributed by atoms with Gasteiger partial charge in [0.15, 0.2) is 0 Å². The molecule has 0 aliphatic carbocycles. The standard InChI is InChI=1S/C21H22F2N2O2/c22-16-8-9-18(19(23)14-16)21(27)24-11-10-20(26)25-12-4-7-17(25)13-15-5-2-1-3-6-15/h1-3,5-6,8-9,14,17H,4,7,10-13H2,(H,24,27). The zero-order chi connectivity index (χ0) is 19.2. The van der Waals surface area contributed by atoms with Gasteiger partial charge >= 0.3 is 0 Å². The monoisotopic (exact) mass is 372 g/mol. The number of amides is 2. The lowest BCUT2D eigenvalue weighted by Gasteiger charge is -2.25. The van der Waals surface area contributed by atoms with E-state index in [1.54, 1.807) is 0 Å². The van der Waals surface area contributed by atoms with Gasteiger partial charge in [0.2, 0.25) is 5.91 Å². The highest BCUT2D eigenvalue weighted by molar-refractivity contribution is 5.94. The van der Waals surface area contributed by atoms with Crippen LogP contribution in [0, 0.1) is 11.6 Å². The van der Waals surface area contributed by atoms with E-state index >= 15 is 0 Å². The second kappa shape index (κ2) is 8.75. The van der Waals surface area contributed by atoms with Crippen LogP contribution in [0.15, 0.2) is 48.5 Å². The van der Waals surface area contributed by atoms with Crippen molar-refractivity contribution < 1.29 is 18.4 Å². The van der Waals surface area contributed by atoms with Gasteiger partial charge in [0.25, 0.3) is 5.91 Å². The molecule has 3 rings (SSSR count). The molecule has 0 aromatic heterocycles. The summed E-state index contributed by atoms with van der Waals surface area (Å²) < 4.78 is 26.5. The molecule has 1 saturated heterocycles. The number of carbonyl (C=O) groups is 2. The predicted molar refractivity (Wildman–Crippen MR) is 98.2 cm³/mol. The van der Waals surface area contributed by atoms with Gasteiger partial charge in [-0.2, -0.15) is 0 Å². The number of carbonyl (C=O) groups excluding carboxylic acids is 2. The highest BCUT2D eigenvalue weighted by Gasteiger charge is 2.28. The van der Waals surface area contributed by atoms with Crippen LogP contribution in [-0.4, -0.2) is 35.8 Å². The summed E-state index contributed by atoms with van der Waals surface area (Å²) in [5.41, 5.74) is 0.967. The zero-order valence-corrected chi connectivity index (χ0v) is 15.0. The molecule has 6 heteroatoms. The molecule has 2 aromatic carbocycles. The first kappa shape index (κ1) is 19.0. The average molecular weight is 372 g/mol. The normalized spacial score (nSPS) is 16.4. The SMILES string of the molecule is O=C(NCCC(=O)N1CCCC1Cc1ccccc1)c1ccc(F)cc1F. The van der Waals surface area contributed by atoms with Gasteiger partial charge in [-0.15, -0.1) is 0 Å². The third kappa shape index (κ3) is 4.90. The van der Waals surface area contributed by atoms with Gasteiger partial charge < -0.3 is 10.2 Å². The molecular weight excluding hydrogens is 350 g/mol. The van der Waals surface area contributed by atoms with Crippen LogP contribution in [0.1, 0.15) is 35.2 Å². The molecule has 1 unspecified atom stereocenters. The van der Waals surface area contributed by atoms with Gasteiger partial charge in [0, 0.05) is 31.6 Å².